The Kier molecular flexibility index (Phi) is 4.70. The molecule has 2 atom stereocenters. The lowest BCUT2D eigenvalue weighted by Crippen LogP contribution is -2.33. The van der Waals surface area contributed by atoms with E-state index in [2.05, 4.69) is 32.9 Å². The number of thiophene rings is 1. The van der Waals surface area contributed by atoms with Crippen molar-refractivity contribution in [1.82, 2.24) is 0 Å². The van der Waals surface area contributed by atoms with E-state index in [-0.39, 0.29) is 12.1 Å². The van der Waals surface area contributed by atoms with Crippen molar-refractivity contribution >= 4 is 11.3 Å². The van der Waals surface area contributed by atoms with E-state index in [1.807, 2.05) is 18.3 Å². The van der Waals surface area contributed by atoms with Crippen LogP contribution in [-0.2, 0) is 4.74 Å². The molecule has 0 aromatic carbocycles. The summed E-state index contributed by atoms with van der Waals surface area (Å²) in [6.45, 7) is 8.89. The lowest BCUT2D eigenvalue weighted by Gasteiger charge is -2.36. The average molecular weight is 281 g/mol. The molecule has 0 aliphatic heterocycles. The second-order valence-corrected chi connectivity index (χ2v) is 8.05. The van der Waals surface area contributed by atoms with Crippen LogP contribution in [0.4, 0.5) is 0 Å². The third-order valence-corrected chi connectivity index (χ3v) is 5.21. The second-order valence-electron chi connectivity index (χ2n) is 6.73. The number of aryl methyl sites for hydroxylation is 1. The van der Waals surface area contributed by atoms with Crippen LogP contribution in [-0.4, -0.2) is 12.1 Å². The van der Waals surface area contributed by atoms with Gasteiger partial charge in [0.15, 0.2) is 0 Å². The van der Waals surface area contributed by atoms with Crippen LogP contribution < -0.4 is 5.73 Å². The van der Waals surface area contributed by atoms with Gasteiger partial charge in [-0.3, -0.25) is 0 Å². The normalized spacial score (nSPS) is 23.2. The predicted molar refractivity (Wildman–Crippen MR) is 82.6 cm³/mol. The Morgan fingerprint density at radius 3 is 2.42 bits per heavy atom. The van der Waals surface area contributed by atoms with Crippen molar-refractivity contribution in [2.24, 2.45) is 11.1 Å². The topological polar surface area (TPSA) is 35.2 Å². The number of nitrogens with two attached hydrogens (primary N) is 1. The highest BCUT2D eigenvalue weighted by atomic mass is 32.1. The van der Waals surface area contributed by atoms with Crippen LogP contribution in [0.1, 0.15) is 62.3 Å². The fraction of sp³-hybridized carbons (Fsp3) is 0.750. The molecule has 1 heterocycles. The van der Waals surface area contributed by atoms with E-state index >= 15 is 0 Å². The highest BCUT2D eigenvalue weighted by molar-refractivity contribution is 7.12. The molecular weight excluding hydrogens is 254 g/mol. The Labute approximate surface area is 121 Å². The Morgan fingerprint density at radius 1 is 1.32 bits per heavy atom. The summed E-state index contributed by atoms with van der Waals surface area (Å²) in [5.41, 5.74) is 6.62. The van der Waals surface area contributed by atoms with Gasteiger partial charge in [-0.15, -0.1) is 11.3 Å². The molecule has 0 amide bonds. The lowest BCUT2D eigenvalue weighted by molar-refractivity contribution is -0.0533. The summed E-state index contributed by atoms with van der Waals surface area (Å²) in [5.74, 6) is 0. The van der Waals surface area contributed by atoms with Crippen LogP contribution in [0.3, 0.4) is 0 Å². The minimum atomic E-state index is 0.0491. The Morgan fingerprint density at radius 2 is 1.95 bits per heavy atom. The molecule has 2 unspecified atom stereocenters. The maximum absolute atomic E-state index is 6.33. The van der Waals surface area contributed by atoms with Crippen molar-refractivity contribution in [3.8, 4) is 0 Å². The monoisotopic (exact) mass is 281 g/mol. The molecule has 2 nitrogen and oxygen atoms in total. The molecule has 0 saturated heterocycles. The molecule has 1 aromatic heterocycles. The largest absolute Gasteiger partial charge is 0.368 e. The van der Waals surface area contributed by atoms with Crippen LogP contribution >= 0.6 is 11.3 Å². The first-order valence-electron chi connectivity index (χ1n) is 7.35. The Balaban J connectivity index is 1.98. The standard InChI is InChI=1S/C16H27NOS/c1-11-5-6-14(19-11)15(12(2)17)18-13-7-9-16(3,4)10-8-13/h5-6,12-13,15H,7-10,17H2,1-4H3. The molecule has 1 saturated carbocycles. The molecule has 1 aliphatic rings. The van der Waals surface area contributed by atoms with E-state index < -0.39 is 0 Å². The summed E-state index contributed by atoms with van der Waals surface area (Å²) in [5, 5.41) is 0. The fourth-order valence-corrected chi connectivity index (χ4v) is 3.80. The average Bonchev–Trinajstić information content (AvgIpc) is 2.74. The van der Waals surface area contributed by atoms with Crippen molar-refractivity contribution in [3.63, 3.8) is 0 Å². The predicted octanol–water partition coefficient (Wildman–Crippen LogP) is 4.43. The van der Waals surface area contributed by atoms with E-state index in [1.165, 1.54) is 35.4 Å². The van der Waals surface area contributed by atoms with Gasteiger partial charge >= 0.3 is 0 Å². The lowest BCUT2D eigenvalue weighted by atomic mass is 9.76. The summed E-state index contributed by atoms with van der Waals surface area (Å²) >= 11 is 1.81. The fourth-order valence-electron chi connectivity index (χ4n) is 2.77. The summed E-state index contributed by atoms with van der Waals surface area (Å²) in [6.07, 6.45) is 5.29. The minimum absolute atomic E-state index is 0.0491. The van der Waals surface area contributed by atoms with Crippen molar-refractivity contribution in [2.45, 2.75) is 71.6 Å². The molecule has 1 aromatic rings. The maximum atomic E-state index is 6.33. The zero-order valence-electron chi connectivity index (χ0n) is 12.6. The van der Waals surface area contributed by atoms with Crippen molar-refractivity contribution < 1.29 is 4.74 Å². The van der Waals surface area contributed by atoms with Crippen LogP contribution in [0.25, 0.3) is 0 Å². The van der Waals surface area contributed by atoms with Gasteiger partial charge in [0.1, 0.15) is 6.10 Å². The first-order chi connectivity index (χ1) is 8.87. The van der Waals surface area contributed by atoms with Gasteiger partial charge in [0, 0.05) is 15.8 Å². The molecular formula is C16H27NOS. The first kappa shape index (κ1) is 15.0. The van der Waals surface area contributed by atoms with E-state index in [1.54, 1.807) is 0 Å². The van der Waals surface area contributed by atoms with E-state index in [9.17, 15) is 0 Å². The molecule has 0 spiro atoms. The molecule has 2 N–H and O–H groups in total. The highest BCUT2D eigenvalue weighted by Gasteiger charge is 2.30. The molecule has 19 heavy (non-hydrogen) atoms. The summed E-state index contributed by atoms with van der Waals surface area (Å²) < 4.78 is 6.33. The van der Waals surface area contributed by atoms with E-state index in [0.717, 1.165) is 0 Å². The summed E-state index contributed by atoms with van der Waals surface area (Å²) in [4.78, 5) is 2.60. The molecule has 1 aliphatic carbocycles. The molecule has 3 heteroatoms. The zero-order valence-corrected chi connectivity index (χ0v) is 13.4. The van der Waals surface area contributed by atoms with Crippen LogP contribution in [0.5, 0.6) is 0 Å². The molecule has 0 bridgehead atoms. The third-order valence-electron chi connectivity index (χ3n) is 4.14. The summed E-state index contributed by atoms with van der Waals surface area (Å²) in [6, 6.07) is 4.37. The Bertz CT molecular complexity index is 401. The van der Waals surface area contributed by atoms with Gasteiger partial charge in [0.2, 0.25) is 0 Å². The van der Waals surface area contributed by atoms with Crippen molar-refractivity contribution in [3.05, 3.63) is 21.9 Å². The first-order valence-corrected chi connectivity index (χ1v) is 8.16. The molecule has 2 rings (SSSR count). The minimum Gasteiger partial charge on any atom is -0.368 e. The smallest absolute Gasteiger partial charge is 0.107 e. The zero-order chi connectivity index (χ0) is 14.0. The van der Waals surface area contributed by atoms with Gasteiger partial charge < -0.3 is 10.5 Å². The van der Waals surface area contributed by atoms with Crippen molar-refractivity contribution in [2.75, 3.05) is 0 Å². The van der Waals surface area contributed by atoms with Crippen LogP contribution in [0, 0.1) is 12.3 Å². The number of hydrogen-bond donors (Lipinski definition) is 1. The van der Waals surface area contributed by atoms with E-state index in [4.69, 9.17) is 10.5 Å². The van der Waals surface area contributed by atoms with Gasteiger partial charge in [-0.25, -0.2) is 0 Å². The van der Waals surface area contributed by atoms with Crippen LogP contribution in [0.2, 0.25) is 0 Å². The number of rotatable bonds is 4. The van der Waals surface area contributed by atoms with Gasteiger partial charge in [0.25, 0.3) is 0 Å². The Hall–Kier alpha value is -0.380. The molecule has 0 radical (unpaired) electrons. The number of ether oxygens (including phenoxy) is 1. The van der Waals surface area contributed by atoms with Crippen molar-refractivity contribution in [1.29, 1.82) is 0 Å². The third kappa shape index (κ3) is 4.04. The van der Waals surface area contributed by atoms with Gasteiger partial charge in [-0.1, -0.05) is 13.8 Å². The SMILES string of the molecule is Cc1ccc(C(OC2CCC(C)(C)CC2)C(C)N)s1. The van der Waals surface area contributed by atoms with Gasteiger partial charge in [0.05, 0.1) is 6.10 Å². The second kappa shape index (κ2) is 5.94. The van der Waals surface area contributed by atoms with Gasteiger partial charge in [-0.05, 0) is 57.1 Å². The maximum Gasteiger partial charge on any atom is 0.107 e. The van der Waals surface area contributed by atoms with Gasteiger partial charge in [-0.2, -0.15) is 0 Å². The highest BCUT2D eigenvalue weighted by Crippen LogP contribution is 2.38. The van der Waals surface area contributed by atoms with Crippen LogP contribution in [0.15, 0.2) is 12.1 Å². The molecule has 1 fully saturated rings. The van der Waals surface area contributed by atoms with E-state index in [0.29, 0.717) is 11.5 Å². The summed E-state index contributed by atoms with van der Waals surface area (Å²) in [7, 11) is 0. The molecule has 108 valence electrons. The number of hydrogen-bond acceptors (Lipinski definition) is 3. The quantitative estimate of drug-likeness (QED) is 0.886.